The van der Waals surface area contributed by atoms with Gasteiger partial charge in [0.05, 0.1) is 16.7 Å². The van der Waals surface area contributed by atoms with Gasteiger partial charge in [0.1, 0.15) is 0 Å². The molecular formula is C21H16IrN3-. The summed E-state index contributed by atoms with van der Waals surface area (Å²) in [6, 6.07) is 24.5. The second-order valence-corrected chi connectivity index (χ2v) is 6.31. The first-order valence-corrected chi connectivity index (χ1v) is 8.05. The molecule has 0 saturated carbocycles. The van der Waals surface area contributed by atoms with Crippen molar-refractivity contribution in [1.29, 1.82) is 0 Å². The molecule has 0 unspecified atom stereocenters. The maximum absolute atomic E-state index is 4.89. The predicted octanol–water partition coefficient (Wildman–Crippen LogP) is 4.66. The van der Waals surface area contributed by atoms with Gasteiger partial charge in [-0.3, -0.25) is 4.98 Å². The second-order valence-electron chi connectivity index (χ2n) is 6.31. The first-order chi connectivity index (χ1) is 11.7. The Balaban J connectivity index is 0.00000157. The Morgan fingerprint density at radius 3 is 2.60 bits per heavy atom. The van der Waals surface area contributed by atoms with Crippen LogP contribution in [0.15, 0.2) is 60.7 Å². The molecule has 0 saturated heterocycles. The average molecular weight is 503 g/mol. The topological polar surface area (TPSA) is 20.5 Å². The Morgan fingerprint density at radius 1 is 0.920 bits per heavy atom. The Hall–Kier alpha value is -2.42. The fourth-order valence-corrected chi connectivity index (χ4v) is 3.49. The fraction of sp³-hybridized carbons (Fsp3) is 0.0952. The van der Waals surface area contributed by atoms with Gasteiger partial charge in [-0.05, 0) is 29.7 Å². The number of rotatable bonds is 1. The molecule has 0 aliphatic carbocycles. The van der Waals surface area contributed by atoms with Gasteiger partial charge in [-0.1, -0.05) is 23.6 Å². The molecule has 0 aliphatic heterocycles. The van der Waals surface area contributed by atoms with E-state index in [-0.39, 0.29) is 20.1 Å². The molecule has 3 aromatic carbocycles. The molecule has 4 heteroatoms. The minimum atomic E-state index is 0. The standard InChI is InChI=1S/C21H16N3.Ir/c1-23(2)14-11-12-16-15-7-3-4-8-17(15)21-22-18-9-5-6-10-19(18)24(21)20(16)13-14;/h3-7,9-13H,1-2H3;/q-1;. The minimum Gasteiger partial charge on any atom is -0.378 e. The molecule has 2 heterocycles. The molecule has 0 atom stereocenters. The van der Waals surface area contributed by atoms with E-state index < -0.39 is 0 Å². The van der Waals surface area contributed by atoms with Crippen LogP contribution in [0.4, 0.5) is 5.69 Å². The van der Waals surface area contributed by atoms with Gasteiger partial charge in [0.2, 0.25) is 0 Å². The summed E-state index contributed by atoms with van der Waals surface area (Å²) in [4.78, 5) is 7.02. The zero-order valence-corrected chi connectivity index (χ0v) is 16.3. The van der Waals surface area contributed by atoms with Crippen LogP contribution in [0.2, 0.25) is 0 Å². The molecule has 25 heavy (non-hydrogen) atoms. The first-order valence-electron chi connectivity index (χ1n) is 8.05. The number of para-hydroxylation sites is 2. The SMILES string of the molecule is CN(C)c1ccc2c3ccc[c-]c3c3nc4ccccc4n3c2c1.[Ir]. The predicted molar refractivity (Wildman–Crippen MR) is 101 cm³/mol. The van der Waals surface area contributed by atoms with E-state index in [2.05, 4.69) is 71.9 Å². The molecule has 5 aromatic rings. The minimum absolute atomic E-state index is 0. The number of anilines is 1. The quantitative estimate of drug-likeness (QED) is 0.246. The van der Waals surface area contributed by atoms with Gasteiger partial charge in [-0.25, -0.2) is 0 Å². The van der Waals surface area contributed by atoms with Gasteiger partial charge < -0.3 is 9.30 Å². The molecule has 2 aromatic heterocycles. The summed E-state index contributed by atoms with van der Waals surface area (Å²) in [6.45, 7) is 0. The van der Waals surface area contributed by atoms with Crippen LogP contribution in [0.3, 0.4) is 0 Å². The molecule has 0 amide bonds. The number of hydrogen-bond donors (Lipinski definition) is 0. The summed E-state index contributed by atoms with van der Waals surface area (Å²) in [6.07, 6.45) is 0. The molecule has 0 bridgehead atoms. The molecule has 0 N–H and O–H groups in total. The van der Waals surface area contributed by atoms with Crippen LogP contribution < -0.4 is 4.90 Å². The summed E-state index contributed by atoms with van der Waals surface area (Å²) in [5.74, 6) is 0. The Morgan fingerprint density at radius 2 is 1.76 bits per heavy atom. The number of hydrogen-bond acceptors (Lipinski definition) is 2. The number of pyridine rings is 1. The largest absolute Gasteiger partial charge is 0.378 e. The monoisotopic (exact) mass is 503 g/mol. The molecule has 125 valence electrons. The number of benzene rings is 3. The van der Waals surface area contributed by atoms with Crippen molar-refractivity contribution in [3.63, 3.8) is 0 Å². The number of nitrogens with zero attached hydrogens (tertiary/aromatic N) is 3. The Bertz CT molecular complexity index is 1240. The van der Waals surface area contributed by atoms with Gasteiger partial charge in [0.15, 0.2) is 0 Å². The molecular weight excluding hydrogens is 486 g/mol. The van der Waals surface area contributed by atoms with E-state index in [0.29, 0.717) is 0 Å². The van der Waals surface area contributed by atoms with Gasteiger partial charge >= 0.3 is 0 Å². The van der Waals surface area contributed by atoms with E-state index in [4.69, 9.17) is 4.98 Å². The maximum Gasteiger partial charge on any atom is 0.0774 e. The molecule has 3 nitrogen and oxygen atoms in total. The third-order valence-corrected chi connectivity index (χ3v) is 4.67. The number of imidazole rings is 1. The van der Waals surface area contributed by atoms with E-state index in [9.17, 15) is 0 Å². The van der Waals surface area contributed by atoms with E-state index in [1.807, 2.05) is 18.2 Å². The Labute approximate surface area is 159 Å². The van der Waals surface area contributed by atoms with Crippen molar-refractivity contribution >= 4 is 44.0 Å². The summed E-state index contributed by atoms with van der Waals surface area (Å²) in [5, 5.41) is 3.49. The normalized spacial score (nSPS) is 11.3. The summed E-state index contributed by atoms with van der Waals surface area (Å²) >= 11 is 0. The molecule has 5 rings (SSSR count). The van der Waals surface area contributed by atoms with E-state index in [1.165, 1.54) is 22.0 Å². The average Bonchev–Trinajstić information content (AvgIpc) is 3.01. The van der Waals surface area contributed by atoms with Crippen molar-refractivity contribution in [2.75, 3.05) is 19.0 Å². The first kappa shape index (κ1) is 16.1. The van der Waals surface area contributed by atoms with E-state index in [0.717, 1.165) is 22.1 Å². The summed E-state index contributed by atoms with van der Waals surface area (Å²) in [7, 11) is 4.14. The van der Waals surface area contributed by atoms with Crippen molar-refractivity contribution in [2.24, 2.45) is 0 Å². The molecule has 1 radical (unpaired) electrons. The fourth-order valence-electron chi connectivity index (χ4n) is 3.49. The Kier molecular flexibility index (Phi) is 3.75. The summed E-state index contributed by atoms with van der Waals surface area (Å²) in [5.41, 5.74) is 5.47. The van der Waals surface area contributed by atoms with Gasteiger partial charge in [0.25, 0.3) is 0 Å². The van der Waals surface area contributed by atoms with Crippen LogP contribution in [0.5, 0.6) is 0 Å². The molecule has 0 fully saturated rings. The van der Waals surface area contributed by atoms with Crippen molar-refractivity contribution in [3.05, 3.63) is 66.7 Å². The third kappa shape index (κ3) is 2.25. The van der Waals surface area contributed by atoms with Gasteiger partial charge in [-0.2, -0.15) is 0 Å². The van der Waals surface area contributed by atoms with Crippen molar-refractivity contribution in [3.8, 4) is 0 Å². The van der Waals surface area contributed by atoms with Crippen molar-refractivity contribution in [1.82, 2.24) is 9.38 Å². The zero-order chi connectivity index (χ0) is 16.3. The van der Waals surface area contributed by atoms with E-state index >= 15 is 0 Å². The van der Waals surface area contributed by atoms with Crippen LogP contribution in [-0.4, -0.2) is 23.5 Å². The van der Waals surface area contributed by atoms with Crippen LogP contribution in [0.1, 0.15) is 0 Å². The van der Waals surface area contributed by atoms with Gasteiger partial charge in [0, 0.05) is 45.4 Å². The smallest absolute Gasteiger partial charge is 0.0774 e. The van der Waals surface area contributed by atoms with Crippen LogP contribution >= 0.6 is 0 Å². The zero-order valence-electron chi connectivity index (χ0n) is 13.9. The van der Waals surface area contributed by atoms with Crippen molar-refractivity contribution < 1.29 is 20.1 Å². The van der Waals surface area contributed by atoms with Gasteiger partial charge in [-0.15, -0.1) is 29.7 Å². The number of aromatic nitrogens is 2. The van der Waals surface area contributed by atoms with Crippen LogP contribution in [-0.2, 0) is 20.1 Å². The van der Waals surface area contributed by atoms with Crippen LogP contribution in [0, 0.1) is 6.07 Å². The van der Waals surface area contributed by atoms with Crippen LogP contribution in [0.25, 0.3) is 38.4 Å². The van der Waals surface area contributed by atoms with E-state index in [1.54, 1.807) is 0 Å². The summed E-state index contributed by atoms with van der Waals surface area (Å²) < 4.78 is 2.26. The number of fused-ring (bicyclic) bond motifs is 8. The second kappa shape index (κ2) is 5.83. The molecule has 0 spiro atoms. The maximum atomic E-state index is 4.89. The van der Waals surface area contributed by atoms with Crippen molar-refractivity contribution in [2.45, 2.75) is 0 Å². The third-order valence-electron chi connectivity index (χ3n) is 4.67. The molecule has 0 aliphatic rings.